The van der Waals surface area contributed by atoms with Gasteiger partial charge in [0.25, 0.3) is 11.8 Å². The fourth-order valence-corrected chi connectivity index (χ4v) is 3.13. The van der Waals surface area contributed by atoms with Crippen LogP contribution in [0.1, 0.15) is 28.4 Å². The number of halogens is 1. The van der Waals surface area contributed by atoms with Gasteiger partial charge in [-0.05, 0) is 42.0 Å². The normalized spacial score (nSPS) is 11.3. The van der Waals surface area contributed by atoms with Crippen LogP contribution in [0.2, 0.25) is 0 Å². The molecule has 6 nitrogen and oxygen atoms in total. The molecule has 0 aliphatic carbocycles. The average molecular weight is 481 g/mol. The largest absolute Gasteiger partial charge is 0.455 e. The predicted molar refractivity (Wildman–Crippen MR) is 121 cm³/mol. The summed E-state index contributed by atoms with van der Waals surface area (Å²) >= 11 is 3.32. The summed E-state index contributed by atoms with van der Waals surface area (Å²) in [6.45, 7) is -0.414. The lowest BCUT2D eigenvalue weighted by Gasteiger charge is -2.19. The molecule has 0 heterocycles. The third-order valence-electron chi connectivity index (χ3n) is 4.41. The molecule has 0 radical (unpaired) electrons. The first-order chi connectivity index (χ1) is 15.0. The van der Waals surface area contributed by atoms with Crippen molar-refractivity contribution >= 4 is 39.4 Å². The SMILES string of the molecule is O=C(COC(=O)CC(NC(=O)c1ccccc1)c1ccccc1)Nc1ccc(Br)cc1. The van der Waals surface area contributed by atoms with Crippen molar-refractivity contribution in [2.24, 2.45) is 0 Å². The van der Waals surface area contributed by atoms with Crippen molar-refractivity contribution in [3.8, 4) is 0 Å². The van der Waals surface area contributed by atoms with E-state index in [1.807, 2.05) is 36.4 Å². The van der Waals surface area contributed by atoms with Crippen molar-refractivity contribution in [1.82, 2.24) is 5.32 Å². The number of carbonyl (C=O) groups is 3. The van der Waals surface area contributed by atoms with E-state index in [0.717, 1.165) is 10.0 Å². The average Bonchev–Trinajstić information content (AvgIpc) is 2.80. The fraction of sp³-hybridized carbons (Fsp3) is 0.125. The second kappa shape index (κ2) is 11.1. The molecule has 1 atom stereocenters. The van der Waals surface area contributed by atoms with Gasteiger partial charge in [-0.2, -0.15) is 0 Å². The van der Waals surface area contributed by atoms with Crippen molar-refractivity contribution in [3.63, 3.8) is 0 Å². The van der Waals surface area contributed by atoms with Crippen molar-refractivity contribution in [3.05, 3.63) is 101 Å². The molecule has 0 spiro atoms. The molecule has 0 saturated carbocycles. The van der Waals surface area contributed by atoms with E-state index >= 15 is 0 Å². The zero-order chi connectivity index (χ0) is 22.1. The van der Waals surface area contributed by atoms with E-state index in [-0.39, 0.29) is 12.3 Å². The summed E-state index contributed by atoms with van der Waals surface area (Å²) < 4.78 is 6.02. The highest BCUT2D eigenvalue weighted by Crippen LogP contribution is 2.18. The topological polar surface area (TPSA) is 84.5 Å². The summed E-state index contributed by atoms with van der Waals surface area (Å²) in [5, 5.41) is 5.52. The number of ether oxygens (including phenoxy) is 1. The molecule has 31 heavy (non-hydrogen) atoms. The van der Waals surface area contributed by atoms with Crippen molar-refractivity contribution in [2.45, 2.75) is 12.5 Å². The number of amides is 2. The zero-order valence-corrected chi connectivity index (χ0v) is 18.2. The summed E-state index contributed by atoms with van der Waals surface area (Å²) in [5.74, 6) is -1.33. The lowest BCUT2D eigenvalue weighted by Crippen LogP contribution is -2.31. The fourth-order valence-electron chi connectivity index (χ4n) is 2.87. The number of hydrogen-bond donors (Lipinski definition) is 2. The van der Waals surface area contributed by atoms with Gasteiger partial charge >= 0.3 is 5.97 Å². The third kappa shape index (κ3) is 7.08. The molecule has 2 amide bonds. The van der Waals surface area contributed by atoms with Gasteiger partial charge in [0.05, 0.1) is 12.5 Å². The number of anilines is 1. The van der Waals surface area contributed by atoms with E-state index in [9.17, 15) is 14.4 Å². The van der Waals surface area contributed by atoms with Crippen LogP contribution in [0, 0.1) is 0 Å². The summed E-state index contributed by atoms with van der Waals surface area (Å²) in [4.78, 5) is 37.0. The van der Waals surface area contributed by atoms with E-state index in [4.69, 9.17) is 4.74 Å². The van der Waals surface area contributed by atoms with Crippen molar-refractivity contribution in [2.75, 3.05) is 11.9 Å². The Labute approximate surface area is 188 Å². The first kappa shape index (κ1) is 22.2. The number of carbonyl (C=O) groups excluding carboxylic acids is 3. The monoisotopic (exact) mass is 480 g/mol. The standard InChI is InChI=1S/C24H21BrN2O4/c25-19-11-13-20(14-12-19)26-22(28)16-31-23(29)15-21(17-7-3-1-4-8-17)27-24(30)18-9-5-2-6-10-18/h1-14,21H,15-16H2,(H,26,28)(H,27,30). The smallest absolute Gasteiger partial charge is 0.308 e. The minimum Gasteiger partial charge on any atom is -0.455 e. The lowest BCUT2D eigenvalue weighted by atomic mass is 10.0. The van der Waals surface area contributed by atoms with Gasteiger partial charge in [-0.3, -0.25) is 14.4 Å². The van der Waals surface area contributed by atoms with E-state index in [1.165, 1.54) is 0 Å². The Morgan fingerprint density at radius 1 is 0.839 bits per heavy atom. The molecular formula is C24H21BrN2O4. The molecule has 0 aromatic heterocycles. The molecule has 1 unspecified atom stereocenters. The second-order valence-electron chi connectivity index (χ2n) is 6.72. The summed E-state index contributed by atoms with van der Waals surface area (Å²) in [5.41, 5.74) is 1.86. The highest BCUT2D eigenvalue weighted by Gasteiger charge is 2.20. The maximum Gasteiger partial charge on any atom is 0.308 e. The van der Waals surface area contributed by atoms with Gasteiger partial charge in [0, 0.05) is 15.7 Å². The summed E-state index contributed by atoms with van der Waals surface area (Å²) in [7, 11) is 0. The molecule has 3 aromatic rings. The molecule has 158 valence electrons. The quantitative estimate of drug-likeness (QED) is 0.465. The Morgan fingerprint density at radius 2 is 1.45 bits per heavy atom. The van der Waals surface area contributed by atoms with Crippen molar-refractivity contribution in [1.29, 1.82) is 0 Å². The highest BCUT2D eigenvalue weighted by molar-refractivity contribution is 9.10. The predicted octanol–water partition coefficient (Wildman–Crippen LogP) is 4.49. The molecule has 0 bridgehead atoms. The molecule has 3 rings (SSSR count). The number of hydrogen-bond acceptors (Lipinski definition) is 4. The van der Waals surface area contributed by atoms with E-state index < -0.39 is 24.5 Å². The van der Waals surface area contributed by atoms with E-state index in [0.29, 0.717) is 11.3 Å². The minimum atomic E-state index is -0.590. The second-order valence-corrected chi connectivity index (χ2v) is 7.64. The number of rotatable bonds is 8. The molecule has 0 saturated heterocycles. The van der Waals surface area contributed by atoms with Crippen LogP contribution in [0.25, 0.3) is 0 Å². The van der Waals surface area contributed by atoms with Crippen LogP contribution < -0.4 is 10.6 Å². The van der Waals surface area contributed by atoms with Crippen LogP contribution in [0.3, 0.4) is 0 Å². The van der Waals surface area contributed by atoms with Crippen LogP contribution in [0.5, 0.6) is 0 Å². The number of benzene rings is 3. The molecule has 7 heteroatoms. The van der Waals surface area contributed by atoms with Gasteiger partial charge in [0.2, 0.25) is 0 Å². The van der Waals surface area contributed by atoms with E-state index in [2.05, 4.69) is 26.6 Å². The third-order valence-corrected chi connectivity index (χ3v) is 4.93. The lowest BCUT2D eigenvalue weighted by molar-refractivity contribution is -0.147. The Hall–Kier alpha value is -3.45. The first-order valence-electron chi connectivity index (χ1n) is 9.63. The Kier molecular flexibility index (Phi) is 7.95. The molecule has 3 aromatic carbocycles. The maximum atomic E-state index is 12.6. The zero-order valence-electron chi connectivity index (χ0n) is 16.6. The van der Waals surface area contributed by atoms with Gasteiger partial charge in [-0.25, -0.2) is 0 Å². The Bertz CT molecular complexity index is 1020. The van der Waals surface area contributed by atoms with Crippen LogP contribution in [0.4, 0.5) is 5.69 Å². The van der Waals surface area contributed by atoms with Gasteiger partial charge in [-0.1, -0.05) is 64.5 Å². The molecule has 2 N–H and O–H groups in total. The number of esters is 1. The minimum absolute atomic E-state index is 0.103. The van der Waals surface area contributed by atoms with Crippen LogP contribution in [-0.2, 0) is 14.3 Å². The Morgan fingerprint density at radius 3 is 2.10 bits per heavy atom. The van der Waals surface area contributed by atoms with Crippen molar-refractivity contribution < 1.29 is 19.1 Å². The maximum absolute atomic E-state index is 12.6. The van der Waals surface area contributed by atoms with Crippen LogP contribution >= 0.6 is 15.9 Å². The Balaban J connectivity index is 1.58. The summed E-state index contributed by atoms with van der Waals surface area (Å²) in [6.07, 6.45) is -0.103. The first-order valence-corrected chi connectivity index (χ1v) is 10.4. The number of nitrogens with one attached hydrogen (secondary N) is 2. The van der Waals surface area contributed by atoms with Gasteiger partial charge < -0.3 is 15.4 Å². The van der Waals surface area contributed by atoms with Gasteiger partial charge in [0.1, 0.15) is 0 Å². The van der Waals surface area contributed by atoms with Crippen LogP contribution in [-0.4, -0.2) is 24.4 Å². The highest BCUT2D eigenvalue weighted by atomic mass is 79.9. The molecular weight excluding hydrogens is 460 g/mol. The summed E-state index contributed by atoms with van der Waals surface area (Å²) in [6, 6.07) is 24.4. The van der Waals surface area contributed by atoms with Gasteiger partial charge in [-0.15, -0.1) is 0 Å². The van der Waals surface area contributed by atoms with Crippen LogP contribution in [0.15, 0.2) is 89.4 Å². The van der Waals surface area contributed by atoms with Gasteiger partial charge in [0.15, 0.2) is 6.61 Å². The molecule has 0 aliphatic rings. The molecule has 0 fully saturated rings. The molecule has 0 aliphatic heterocycles. The van der Waals surface area contributed by atoms with E-state index in [1.54, 1.807) is 48.5 Å².